The third-order valence-corrected chi connectivity index (χ3v) is 5.53. The molecule has 0 radical (unpaired) electrons. The van der Waals surface area contributed by atoms with Crippen LogP contribution in [0, 0.1) is 0 Å². The lowest BCUT2D eigenvalue weighted by molar-refractivity contribution is -0.114. The maximum absolute atomic E-state index is 11.2. The quantitative estimate of drug-likeness (QED) is 0.788. The van der Waals surface area contributed by atoms with E-state index in [1.165, 1.54) is 17.4 Å². The average molecular weight is 361 g/mol. The first kappa shape index (κ1) is 17.3. The van der Waals surface area contributed by atoms with E-state index in [0.717, 1.165) is 28.4 Å². The van der Waals surface area contributed by atoms with Crippen LogP contribution >= 0.6 is 23.4 Å². The molecule has 3 nitrogen and oxygen atoms in total. The molecule has 1 aliphatic heterocycles. The second-order valence-electron chi connectivity index (χ2n) is 6.07. The Kier molecular flexibility index (Phi) is 5.49. The van der Waals surface area contributed by atoms with Crippen molar-refractivity contribution in [2.45, 2.75) is 37.2 Å². The molecule has 0 bridgehead atoms. The topological polar surface area (TPSA) is 41.1 Å². The number of fused-ring (bicyclic) bond motifs is 1. The molecule has 126 valence electrons. The van der Waals surface area contributed by atoms with E-state index in [4.69, 9.17) is 11.6 Å². The van der Waals surface area contributed by atoms with Gasteiger partial charge in [-0.25, -0.2) is 0 Å². The fraction of sp³-hybridized carbons (Fsp3) is 0.316. The molecule has 0 saturated carbocycles. The Morgan fingerprint density at radius 1 is 1.29 bits per heavy atom. The molecule has 1 aliphatic rings. The summed E-state index contributed by atoms with van der Waals surface area (Å²) in [6, 6.07) is 14.6. The number of carbonyl (C=O) groups is 1. The molecule has 0 spiro atoms. The van der Waals surface area contributed by atoms with E-state index in [1.54, 1.807) is 0 Å². The molecule has 2 aromatic rings. The maximum atomic E-state index is 11.2. The van der Waals surface area contributed by atoms with E-state index >= 15 is 0 Å². The lowest BCUT2D eigenvalue weighted by atomic mass is 10.0. The van der Waals surface area contributed by atoms with Crippen LogP contribution in [0.25, 0.3) is 0 Å². The molecule has 5 heteroatoms. The van der Waals surface area contributed by atoms with Gasteiger partial charge in [0, 0.05) is 34.6 Å². The van der Waals surface area contributed by atoms with Crippen molar-refractivity contribution in [1.29, 1.82) is 0 Å². The van der Waals surface area contributed by atoms with E-state index in [9.17, 15) is 4.79 Å². The minimum absolute atomic E-state index is 0.0550. The van der Waals surface area contributed by atoms with Gasteiger partial charge in [0.25, 0.3) is 0 Å². The predicted octanol–water partition coefficient (Wildman–Crippen LogP) is 5.19. The highest BCUT2D eigenvalue weighted by atomic mass is 35.5. The Bertz CT molecular complexity index is 750. The summed E-state index contributed by atoms with van der Waals surface area (Å²) in [5.41, 5.74) is 3.27. The zero-order valence-electron chi connectivity index (χ0n) is 13.8. The number of amides is 1. The number of hydrogen-bond donors (Lipinski definition) is 2. The fourth-order valence-corrected chi connectivity index (χ4v) is 4.31. The zero-order chi connectivity index (χ0) is 17.1. The van der Waals surface area contributed by atoms with Crippen molar-refractivity contribution in [2.24, 2.45) is 0 Å². The van der Waals surface area contributed by atoms with Gasteiger partial charge in [0.05, 0.1) is 0 Å². The van der Waals surface area contributed by atoms with E-state index in [1.807, 2.05) is 36.0 Å². The van der Waals surface area contributed by atoms with Gasteiger partial charge in [0.1, 0.15) is 0 Å². The molecule has 0 fully saturated rings. The standard InChI is InChI=1S/C19H21ClN2OS/c1-12(14-4-3-5-16(10-14)22-13(2)23)21-18-8-9-24-19-7-6-15(20)11-17(18)19/h3-7,10-12,18,21H,8-9H2,1-2H3,(H,22,23). The van der Waals surface area contributed by atoms with Gasteiger partial charge >= 0.3 is 0 Å². The third kappa shape index (κ3) is 4.12. The molecule has 2 atom stereocenters. The Labute approximate surface area is 152 Å². The minimum Gasteiger partial charge on any atom is -0.326 e. The molecule has 2 unspecified atom stereocenters. The van der Waals surface area contributed by atoms with Crippen molar-refractivity contribution < 1.29 is 4.79 Å². The molecule has 3 rings (SSSR count). The largest absolute Gasteiger partial charge is 0.326 e. The highest BCUT2D eigenvalue weighted by Gasteiger charge is 2.22. The van der Waals surface area contributed by atoms with E-state index in [2.05, 4.69) is 35.8 Å². The summed E-state index contributed by atoms with van der Waals surface area (Å²) in [6.07, 6.45) is 1.08. The summed E-state index contributed by atoms with van der Waals surface area (Å²) < 4.78 is 0. The van der Waals surface area contributed by atoms with Crippen LogP contribution in [-0.4, -0.2) is 11.7 Å². The smallest absolute Gasteiger partial charge is 0.221 e. The van der Waals surface area contributed by atoms with Gasteiger partial charge in [-0.1, -0.05) is 23.7 Å². The molecule has 24 heavy (non-hydrogen) atoms. The van der Waals surface area contributed by atoms with Crippen molar-refractivity contribution in [2.75, 3.05) is 11.1 Å². The normalized spacial score (nSPS) is 17.9. The van der Waals surface area contributed by atoms with Gasteiger partial charge in [0.15, 0.2) is 0 Å². The predicted molar refractivity (Wildman–Crippen MR) is 102 cm³/mol. The summed E-state index contributed by atoms with van der Waals surface area (Å²) in [5.74, 6) is 1.05. The van der Waals surface area contributed by atoms with Gasteiger partial charge in [-0.15, -0.1) is 11.8 Å². The number of thioether (sulfide) groups is 1. The highest BCUT2D eigenvalue weighted by Crippen LogP contribution is 2.38. The Balaban J connectivity index is 1.77. The third-order valence-electron chi connectivity index (χ3n) is 4.17. The summed E-state index contributed by atoms with van der Waals surface area (Å²) >= 11 is 8.07. The minimum atomic E-state index is -0.0550. The second-order valence-corrected chi connectivity index (χ2v) is 7.64. The lowest BCUT2D eigenvalue weighted by Crippen LogP contribution is -2.27. The lowest BCUT2D eigenvalue weighted by Gasteiger charge is -2.29. The van der Waals surface area contributed by atoms with Crippen molar-refractivity contribution in [3.05, 3.63) is 58.6 Å². The molecule has 1 amide bonds. The fourth-order valence-electron chi connectivity index (χ4n) is 3.03. The maximum Gasteiger partial charge on any atom is 0.221 e. The molecule has 2 N–H and O–H groups in total. The molecular formula is C19H21ClN2OS. The van der Waals surface area contributed by atoms with Crippen LogP contribution < -0.4 is 10.6 Å². The molecule has 0 saturated heterocycles. The number of benzene rings is 2. The molecule has 1 heterocycles. The number of anilines is 1. The summed E-state index contributed by atoms with van der Waals surface area (Å²) in [6.45, 7) is 3.67. The first-order chi connectivity index (χ1) is 11.5. The Morgan fingerprint density at radius 3 is 2.92 bits per heavy atom. The molecule has 2 aromatic carbocycles. The van der Waals surface area contributed by atoms with Crippen LogP contribution in [-0.2, 0) is 4.79 Å². The first-order valence-electron chi connectivity index (χ1n) is 8.09. The Morgan fingerprint density at radius 2 is 2.12 bits per heavy atom. The van der Waals surface area contributed by atoms with E-state index in [0.29, 0.717) is 6.04 Å². The van der Waals surface area contributed by atoms with Gasteiger partial charge < -0.3 is 10.6 Å². The molecule has 0 aliphatic carbocycles. The number of nitrogens with one attached hydrogen (secondary N) is 2. The number of halogens is 1. The number of rotatable bonds is 4. The van der Waals surface area contributed by atoms with Crippen molar-refractivity contribution in [1.82, 2.24) is 5.32 Å². The van der Waals surface area contributed by atoms with Crippen LogP contribution in [0.1, 0.15) is 43.5 Å². The van der Waals surface area contributed by atoms with Crippen LogP contribution in [0.2, 0.25) is 5.02 Å². The van der Waals surface area contributed by atoms with E-state index in [-0.39, 0.29) is 11.9 Å². The van der Waals surface area contributed by atoms with Gasteiger partial charge in [-0.3, -0.25) is 4.79 Å². The molecule has 0 aromatic heterocycles. The summed E-state index contributed by atoms with van der Waals surface area (Å²) in [7, 11) is 0. The van der Waals surface area contributed by atoms with Crippen LogP contribution in [0.3, 0.4) is 0 Å². The van der Waals surface area contributed by atoms with Crippen LogP contribution in [0.15, 0.2) is 47.4 Å². The average Bonchev–Trinajstić information content (AvgIpc) is 2.55. The van der Waals surface area contributed by atoms with Crippen LogP contribution in [0.4, 0.5) is 5.69 Å². The summed E-state index contributed by atoms with van der Waals surface area (Å²) in [4.78, 5) is 12.5. The zero-order valence-corrected chi connectivity index (χ0v) is 15.4. The van der Waals surface area contributed by atoms with Crippen LogP contribution in [0.5, 0.6) is 0 Å². The highest BCUT2D eigenvalue weighted by molar-refractivity contribution is 7.99. The Hall–Kier alpha value is -1.49. The SMILES string of the molecule is CC(=O)Nc1cccc(C(C)NC2CCSc3ccc(Cl)cc32)c1. The summed E-state index contributed by atoms with van der Waals surface area (Å²) in [5, 5.41) is 7.33. The van der Waals surface area contributed by atoms with E-state index < -0.39 is 0 Å². The van der Waals surface area contributed by atoms with Crippen molar-refractivity contribution >= 4 is 35.0 Å². The second kappa shape index (κ2) is 7.60. The van der Waals surface area contributed by atoms with Gasteiger partial charge in [0.2, 0.25) is 5.91 Å². The van der Waals surface area contributed by atoms with Crippen molar-refractivity contribution in [3.8, 4) is 0 Å². The first-order valence-corrected chi connectivity index (χ1v) is 9.45. The molecular weight excluding hydrogens is 340 g/mol. The van der Waals surface area contributed by atoms with Crippen molar-refractivity contribution in [3.63, 3.8) is 0 Å². The van der Waals surface area contributed by atoms with Gasteiger partial charge in [-0.05, 0) is 60.6 Å². The number of hydrogen-bond acceptors (Lipinski definition) is 3. The van der Waals surface area contributed by atoms with Gasteiger partial charge in [-0.2, -0.15) is 0 Å². The number of carbonyl (C=O) groups excluding carboxylic acids is 1. The monoisotopic (exact) mass is 360 g/mol.